The van der Waals surface area contributed by atoms with Gasteiger partial charge >= 0.3 is 0 Å². The van der Waals surface area contributed by atoms with Gasteiger partial charge in [0.1, 0.15) is 4.90 Å². The fourth-order valence-corrected chi connectivity index (χ4v) is 3.93. The summed E-state index contributed by atoms with van der Waals surface area (Å²) in [5.41, 5.74) is 5.58. The van der Waals surface area contributed by atoms with E-state index in [1.54, 1.807) is 0 Å². The highest BCUT2D eigenvalue weighted by atomic mass is 35.5. The SMILES string of the molecule is CN(C)S(=O)(=O)CCNS(=O)(=O)c1c(N)cccc1Cl. The van der Waals surface area contributed by atoms with E-state index in [1.807, 2.05) is 0 Å². The lowest BCUT2D eigenvalue weighted by molar-refractivity contribution is 0.519. The van der Waals surface area contributed by atoms with Gasteiger partial charge in [0.2, 0.25) is 20.0 Å². The molecule has 0 aliphatic carbocycles. The average molecular weight is 342 g/mol. The number of nitrogens with zero attached hydrogens (tertiary/aromatic N) is 1. The molecule has 1 rings (SSSR count). The maximum absolute atomic E-state index is 12.0. The van der Waals surface area contributed by atoms with Crippen LogP contribution in [-0.4, -0.2) is 47.5 Å². The van der Waals surface area contributed by atoms with Gasteiger partial charge in [-0.15, -0.1) is 0 Å². The topological polar surface area (TPSA) is 110 Å². The molecule has 0 aliphatic rings. The Balaban J connectivity index is 2.88. The third-order valence-corrected chi connectivity index (χ3v) is 6.31. The van der Waals surface area contributed by atoms with Crippen LogP contribution in [0.25, 0.3) is 0 Å². The van der Waals surface area contributed by atoms with Crippen molar-refractivity contribution in [3.63, 3.8) is 0 Å². The van der Waals surface area contributed by atoms with Crippen molar-refractivity contribution < 1.29 is 16.8 Å². The van der Waals surface area contributed by atoms with Crippen molar-refractivity contribution in [1.29, 1.82) is 0 Å². The first-order valence-corrected chi connectivity index (χ1v) is 8.99. The summed E-state index contributed by atoms with van der Waals surface area (Å²) in [4.78, 5) is -0.246. The smallest absolute Gasteiger partial charge is 0.244 e. The molecular formula is C10H16ClN3O4S2. The summed E-state index contributed by atoms with van der Waals surface area (Å²) in [6, 6.07) is 4.31. The first kappa shape index (κ1) is 17.2. The summed E-state index contributed by atoms with van der Waals surface area (Å²) >= 11 is 5.81. The van der Waals surface area contributed by atoms with Gasteiger partial charge in [0.15, 0.2) is 0 Å². The zero-order chi connectivity index (χ0) is 15.6. The lowest BCUT2D eigenvalue weighted by atomic mass is 10.3. The Morgan fingerprint density at radius 1 is 1.25 bits per heavy atom. The highest BCUT2D eigenvalue weighted by Crippen LogP contribution is 2.26. The van der Waals surface area contributed by atoms with Crippen molar-refractivity contribution in [1.82, 2.24) is 9.03 Å². The van der Waals surface area contributed by atoms with Gasteiger partial charge in [0.05, 0.1) is 16.5 Å². The van der Waals surface area contributed by atoms with Crippen molar-refractivity contribution in [2.45, 2.75) is 4.90 Å². The predicted molar refractivity (Wildman–Crippen MR) is 78.5 cm³/mol. The van der Waals surface area contributed by atoms with Gasteiger partial charge in [-0.25, -0.2) is 25.9 Å². The molecule has 1 aromatic rings. The van der Waals surface area contributed by atoms with Crippen molar-refractivity contribution in [2.24, 2.45) is 0 Å². The number of nitrogens with two attached hydrogens (primary N) is 1. The van der Waals surface area contributed by atoms with E-state index in [4.69, 9.17) is 17.3 Å². The molecule has 0 fully saturated rings. The quantitative estimate of drug-likeness (QED) is 0.713. The number of rotatable bonds is 6. The summed E-state index contributed by atoms with van der Waals surface area (Å²) in [6.45, 7) is -0.270. The largest absolute Gasteiger partial charge is 0.398 e. The molecule has 10 heteroatoms. The highest BCUT2D eigenvalue weighted by Gasteiger charge is 2.22. The molecule has 0 heterocycles. The van der Waals surface area contributed by atoms with Crippen LogP contribution in [0.3, 0.4) is 0 Å². The van der Waals surface area contributed by atoms with Gasteiger partial charge in [-0.05, 0) is 12.1 Å². The van der Waals surface area contributed by atoms with E-state index in [-0.39, 0.29) is 27.9 Å². The number of anilines is 1. The second-order valence-corrected chi connectivity index (χ2v) is 8.57. The lowest BCUT2D eigenvalue weighted by Crippen LogP contribution is -2.34. The molecule has 3 N–H and O–H groups in total. The van der Waals surface area contributed by atoms with Gasteiger partial charge in [0.25, 0.3) is 0 Å². The first-order valence-electron chi connectivity index (χ1n) is 5.52. The summed E-state index contributed by atoms with van der Waals surface area (Å²) in [5, 5.41) is -0.0204. The van der Waals surface area contributed by atoms with Gasteiger partial charge in [-0.3, -0.25) is 0 Å². The van der Waals surface area contributed by atoms with Crippen LogP contribution in [0.5, 0.6) is 0 Å². The minimum atomic E-state index is -3.96. The molecule has 20 heavy (non-hydrogen) atoms. The Hall–Kier alpha value is -0.870. The normalized spacial score (nSPS) is 12.8. The molecule has 114 valence electrons. The Bertz CT molecular complexity index is 666. The van der Waals surface area contributed by atoms with E-state index in [2.05, 4.69) is 4.72 Å². The molecule has 0 atom stereocenters. The number of benzene rings is 1. The Labute approximate surface area is 123 Å². The third kappa shape index (κ3) is 4.06. The number of nitrogens with one attached hydrogen (secondary N) is 1. The van der Waals surface area contributed by atoms with Crippen LogP contribution in [0.4, 0.5) is 5.69 Å². The number of halogens is 1. The molecule has 0 saturated heterocycles. The van der Waals surface area contributed by atoms with Crippen LogP contribution in [0.2, 0.25) is 5.02 Å². The minimum absolute atomic E-state index is 0.000432. The van der Waals surface area contributed by atoms with Crippen LogP contribution >= 0.6 is 11.6 Å². The molecular weight excluding hydrogens is 326 g/mol. The fraction of sp³-hybridized carbons (Fsp3) is 0.400. The molecule has 0 saturated carbocycles. The molecule has 0 aliphatic heterocycles. The van der Waals surface area contributed by atoms with Crippen LogP contribution < -0.4 is 10.5 Å². The van der Waals surface area contributed by atoms with Gasteiger partial charge in [-0.2, -0.15) is 0 Å². The average Bonchev–Trinajstić information content (AvgIpc) is 2.27. The minimum Gasteiger partial charge on any atom is -0.398 e. The molecule has 7 nitrogen and oxygen atoms in total. The molecule has 1 aromatic carbocycles. The fourth-order valence-electron chi connectivity index (χ4n) is 1.37. The summed E-state index contributed by atoms with van der Waals surface area (Å²) < 4.78 is 50.3. The second-order valence-electron chi connectivity index (χ2n) is 4.15. The van der Waals surface area contributed by atoms with Crippen LogP contribution in [0, 0.1) is 0 Å². The van der Waals surface area contributed by atoms with Crippen molar-refractivity contribution >= 4 is 37.3 Å². The monoisotopic (exact) mass is 341 g/mol. The van der Waals surface area contributed by atoms with E-state index >= 15 is 0 Å². The van der Waals surface area contributed by atoms with Crippen molar-refractivity contribution in [3.05, 3.63) is 23.2 Å². The van der Waals surface area contributed by atoms with E-state index in [0.29, 0.717) is 0 Å². The third-order valence-electron chi connectivity index (χ3n) is 2.47. The predicted octanol–water partition coefficient (Wildman–Crippen LogP) is 0.0919. The van der Waals surface area contributed by atoms with E-state index < -0.39 is 20.0 Å². The maximum atomic E-state index is 12.0. The molecule has 0 aromatic heterocycles. The van der Waals surface area contributed by atoms with Crippen LogP contribution in [0.1, 0.15) is 0 Å². The van der Waals surface area contributed by atoms with E-state index in [9.17, 15) is 16.8 Å². The van der Waals surface area contributed by atoms with Crippen LogP contribution in [0.15, 0.2) is 23.1 Å². The second kappa shape index (κ2) is 6.27. The Morgan fingerprint density at radius 2 is 1.85 bits per heavy atom. The molecule has 0 radical (unpaired) electrons. The number of hydrogen-bond donors (Lipinski definition) is 2. The summed E-state index contributed by atoms with van der Waals surface area (Å²) in [5.74, 6) is -0.358. The van der Waals surface area contributed by atoms with Gasteiger partial charge in [0, 0.05) is 20.6 Å². The maximum Gasteiger partial charge on any atom is 0.244 e. The standard InChI is InChI=1S/C10H16ClN3O4S2/c1-14(2)19(15,16)7-6-13-20(17,18)10-8(11)4-3-5-9(10)12/h3-5,13H,6-7,12H2,1-2H3. The molecule has 0 spiro atoms. The first-order chi connectivity index (χ1) is 9.08. The molecule has 0 amide bonds. The van der Waals surface area contributed by atoms with E-state index in [0.717, 1.165) is 4.31 Å². The summed E-state index contributed by atoms with van der Waals surface area (Å²) in [7, 11) is -4.70. The van der Waals surface area contributed by atoms with Gasteiger partial charge < -0.3 is 5.73 Å². The van der Waals surface area contributed by atoms with Crippen molar-refractivity contribution in [3.8, 4) is 0 Å². The van der Waals surface area contributed by atoms with Gasteiger partial charge in [-0.1, -0.05) is 17.7 Å². The van der Waals surface area contributed by atoms with Crippen molar-refractivity contribution in [2.75, 3.05) is 32.1 Å². The van der Waals surface area contributed by atoms with E-state index in [1.165, 1.54) is 32.3 Å². The summed E-state index contributed by atoms with van der Waals surface area (Å²) in [6.07, 6.45) is 0. The number of hydrogen-bond acceptors (Lipinski definition) is 5. The molecule has 0 bridgehead atoms. The molecule has 0 unspecified atom stereocenters. The zero-order valence-electron chi connectivity index (χ0n) is 11.0. The highest BCUT2D eigenvalue weighted by molar-refractivity contribution is 7.90. The van der Waals surface area contributed by atoms with Crippen LogP contribution in [-0.2, 0) is 20.0 Å². The lowest BCUT2D eigenvalue weighted by Gasteiger charge is -2.13. The number of sulfonamides is 2. The number of nitrogen functional groups attached to an aromatic ring is 1. The Morgan fingerprint density at radius 3 is 2.35 bits per heavy atom. The Kier molecular flexibility index (Phi) is 5.39. The zero-order valence-corrected chi connectivity index (χ0v) is 13.4.